The molecule has 0 aliphatic heterocycles. The van der Waals surface area contributed by atoms with Crippen LogP contribution in [0.5, 0.6) is 0 Å². The summed E-state index contributed by atoms with van der Waals surface area (Å²) in [6.07, 6.45) is 0. The molecule has 3 heteroatoms. The van der Waals surface area contributed by atoms with Gasteiger partial charge in [-0.1, -0.05) is 115 Å². The van der Waals surface area contributed by atoms with Crippen molar-refractivity contribution in [1.82, 2.24) is 14.3 Å². The molecule has 8 aromatic rings. The highest BCUT2D eigenvalue weighted by atomic mass is 15.3. The fourth-order valence-electron chi connectivity index (χ4n) is 6.06. The minimum atomic E-state index is 0.954. The molecule has 6 aromatic carbocycles. The van der Waals surface area contributed by atoms with Gasteiger partial charge in [-0.05, 0) is 66.6 Å². The van der Waals surface area contributed by atoms with Crippen LogP contribution in [0.1, 0.15) is 5.56 Å². The lowest BCUT2D eigenvalue weighted by atomic mass is 10.0. The summed E-state index contributed by atoms with van der Waals surface area (Å²) in [4.78, 5) is 0. The van der Waals surface area contributed by atoms with Crippen molar-refractivity contribution in [2.24, 2.45) is 0 Å². The molecule has 0 saturated heterocycles. The Morgan fingerprint density at radius 2 is 1.05 bits per heavy atom. The molecule has 0 N–H and O–H groups in total. The number of para-hydroxylation sites is 1. The van der Waals surface area contributed by atoms with E-state index in [4.69, 9.17) is 5.10 Å². The molecule has 2 aromatic heterocycles. The first-order valence-electron chi connectivity index (χ1n) is 14.6. The number of aryl methyl sites for hydroxylation is 1. The molecule has 0 bridgehead atoms. The van der Waals surface area contributed by atoms with E-state index in [9.17, 15) is 0 Å². The zero-order valence-corrected chi connectivity index (χ0v) is 23.9. The molecule has 204 valence electrons. The lowest BCUT2D eigenvalue weighted by molar-refractivity contribution is 0.891. The summed E-state index contributed by atoms with van der Waals surface area (Å²) in [5, 5.41) is 7.58. The summed E-state index contributed by atoms with van der Waals surface area (Å²) < 4.78 is 4.42. The fraction of sp³-hybridized carbons (Fsp3) is 0.0250. The van der Waals surface area contributed by atoms with E-state index in [1.807, 2.05) is 12.1 Å². The second-order valence-electron chi connectivity index (χ2n) is 11.0. The molecule has 0 amide bonds. The summed E-state index contributed by atoms with van der Waals surface area (Å²) in [5.74, 6) is 0. The highest BCUT2D eigenvalue weighted by Crippen LogP contribution is 2.35. The summed E-state index contributed by atoms with van der Waals surface area (Å²) in [7, 11) is 0. The Labute approximate surface area is 250 Å². The highest BCUT2D eigenvalue weighted by molar-refractivity contribution is 6.10. The molecule has 0 fully saturated rings. The number of hydrogen-bond donors (Lipinski definition) is 0. The van der Waals surface area contributed by atoms with Gasteiger partial charge < -0.3 is 4.57 Å². The van der Waals surface area contributed by atoms with Gasteiger partial charge in [0.1, 0.15) is 0 Å². The van der Waals surface area contributed by atoms with E-state index in [-0.39, 0.29) is 0 Å². The van der Waals surface area contributed by atoms with E-state index in [1.54, 1.807) is 0 Å². The minimum absolute atomic E-state index is 0.954. The van der Waals surface area contributed by atoms with Gasteiger partial charge in [-0.15, -0.1) is 0 Å². The van der Waals surface area contributed by atoms with E-state index in [0.29, 0.717) is 0 Å². The molecule has 2 heterocycles. The molecular formula is C40H29N3. The minimum Gasteiger partial charge on any atom is -0.309 e. The Balaban J connectivity index is 1.25. The maximum absolute atomic E-state index is 5.07. The first-order valence-corrected chi connectivity index (χ1v) is 14.6. The Hall–Kier alpha value is -5.67. The SMILES string of the molecule is Cc1ccc(-c2ccc3c(c2)c2ccccc2n3-c2ccc(-n3nc(-c4ccccc4)cc3-c3ccccc3)cc2)cc1. The molecule has 0 atom stereocenters. The number of fused-ring (bicyclic) bond motifs is 3. The van der Waals surface area contributed by atoms with Crippen molar-refractivity contribution in [3.63, 3.8) is 0 Å². The Bertz CT molecular complexity index is 2200. The topological polar surface area (TPSA) is 22.8 Å². The van der Waals surface area contributed by atoms with Crippen LogP contribution >= 0.6 is 0 Å². The van der Waals surface area contributed by atoms with E-state index in [2.05, 4.69) is 162 Å². The first-order chi connectivity index (χ1) is 21.2. The van der Waals surface area contributed by atoms with Gasteiger partial charge >= 0.3 is 0 Å². The molecule has 0 radical (unpaired) electrons. The normalized spacial score (nSPS) is 11.4. The third-order valence-electron chi connectivity index (χ3n) is 8.26. The quantitative estimate of drug-likeness (QED) is 0.209. The van der Waals surface area contributed by atoms with Gasteiger partial charge in [0.2, 0.25) is 0 Å². The smallest absolute Gasteiger partial charge is 0.0934 e. The maximum Gasteiger partial charge on any atom is 0.0934 e. The van der Waals surface area contributed by atoms with Crippen LogP contribution in [0.2, 0.25) is 0 Å². The average Bonchev–Trinajstić information content (AvgIpc) is 3.66. The first kappa shape index (κ1) is 25.1. The second-order valence-corrected chi connectivity index (χ2v) is 11.0. The van der Waals surface area contributed by atoms with Crippen LogP contribution in [-0.4, -0.2) is 14.3 Å². The van der Waals surface area contributed by atoms with Gasteiger partial charge in [0, 0.05) is 27.6 Å². The van der Waals surface area contributed by atoms with Crippen molar-refractivity contribution in [1.29, 1.82) is 0 Å². The third kappa shape index (κ3) is 4.43. The van der Waals surface area contributed by atoms with Crippen LogP contribution in [0, 0.1) is 6.92 Å². The van der Waals surface area contributed by atoms with Crippen molar-refractivity contribution in [2.75, 3.05) is 0 Å². The number of benzene rings is 6. The molecule has 43 heavy (non-hydrogen) atoms. The molecule has 3 nitrogen and oxygen atoms in total. The maximum atomic E-state index is 5.07. The third-order valence-corrected chi connectivity index (χ3v) is 8.26. The van der Waals surface area contributed by atoms with Crippen LogP contribution in [0.25, 0.3) is 66.8 Å². The Morgan fingerprint density at radius 1 is 0.442 bits per heavy atom. The number of rotatable bonds is 5. The van der Waals surface area contributed by atoms with Crippen LogP contribution in [0.3, 0.4) is 0 Å². The Morgan fingerprint density at radius 3 is 1.79 bits per heavy atom. The van der Waals surface area contributed by atoms with Crippen molar-refractivity contribution < 1.29 is 0 Å². The van der Waals surface area contributed by atoms with E-state index in [1.165, 1.54) is 38.5 Å². The summed E-state index contributed by atoms with van der Waals surface area (Å²) in [6.45, 7) is 2.13. The number of nitrogens with zero attached hydrogens (tertiary/aromatic N) is 3. The number of aromatic nitrogens is 3. The monoisotopic (exact) mass is 551 g/mol. The summed E-state index contributed by atoms with van der Waals surface area (Å²) >= 11 is 0. The molecule has 0 spiro atoms. The lowest BCUT2D eigenvalue weighted by Gasteiger charge is -2.11. The van der Waals surface area contributed by atoms with E-state index < -0.39 is 0 Å². The van der Waals surface area contributed by atoms with Crippen LogP contribution in [-0.2, 0) is 0 Å². The van der Waals surface area contributed by atoms with Crippen molar-refractivity contribution in [3.8, 4) is 45.0 Å². The zero-order valence-electron chi connectivity index (χ0n) is 23.9. The summed E-state index contributed by atoms with van der Waals surface area (Å²) in [6, 6.07) is 56.0. The van der Waals surface area contributed by atoms with Gasteiger partial charge in [-0.25, -0.2) is 4.68 Å². The number of hydrogen-bond acceptors (Lipinski definition) is 1. The largest absolute Gasteiger partial charge is 0.309 e. The Kier molecular flexibility index (Phi) is 6.01. The van der Waals surface area contributed by atoms with Crippen LogP contribution < -0.4 is 0 Å². The van der Waals surface area contributed by atoms with Gasteiger partial charge in [0.05, 0.1) is 28.1 Å². The lowest BCUT2D eigenvalue weighted by Crippen LogP contribution is -2.00. The standard InChI is InChI=1S/C40H29N3/c1-28-16-18-29(19-17-28)32-20-25-39-36(26-32)35-14-8-9-15-38(35)42(39)33-21-23-34(24-22-33)43-40(31-12-6-3-7-13-31)27-37(41-43)30-10-4-2-5-11-30/h2-27H,1H3. The van der Waals surface area contributed by atoms with Crippen molar-refractivity contribution >= 4 is 21.8 Å². The van der Waals surface area contributed by atoms with Crippen LogP contribution in [0.15, 0.2) is 158 Å². The van der Waals surface area contributed by atoms with E-state index >= 15 is 0 Å². The molecule has 0 aliphatic rings. The second kappa shape index (κ2) is 10.3. The summed E-state index contributed by atoms with van der Waals surface area (Å²) in [5.41, 5.74) is 12.5. The average molecular weight is 552 g/mol. The van der Waals surface area contributed by atoms with Gasteiger partial charge in [0.15, 0.2) is 0 Å². The van der Waals surface area contributed by atoms with Gasteiger partial charge in [0.25, 0.3) is 0 Å². The highest BCUT2D eigenvalue weighted by Gasteiger charge is 2.16. The van der Waals surface area contributed by atoms with Crippen molar-refractivity contribution in [3.05, 3.63) is 163 Å². The molecule has 0 aliphatic carbocycles. The molecule has 0 saturated carbocycles. The van der Waals surface area contributed by atoms with Crippen molar-refractivity contribution in [2.45, 2.75) is 6.92 Å². The van der Waals surface area contributed by atoms with Crippen LogP contribution in [0.4, 0.5) is 0 Å². The molecular weight excluding hydrogens is 522 g/mol. The van der Waals surface area contributed by atoms with Gasteiger partial charge in [-0.2, -0.15) is 5.10 Å². The molecule has 8 rings (SSSR count). The van der Waals surface area contributed by atoms with E-state index in [0.717, 1.165) is 33.9 Å². The predicted octanol–water partition coefficient (Wildman–Crippen LogP) is 10.3. The zero-order chi connectivity index (χ0) is 28.8. The molecule has 0 unspecified atom stereocenters. The predicted molar refractivity (Wildman–Crippen MR) is 179 cm³/mol. The van der Waals surface area contributed by atoms with Gasteiger partial charge in [-0.3, -0.25) is 0 Å². The fourth-order valence-corrected chi connectivity index (χ4v) is 6.06.